The van der Waals surface area contributed by atoms with Crippen LogP contribution in [0.2, 0.25) is 0 Å². The van der Waals surface area contributed by atoms with Crippen LogP contribution in [0.15, 0.2) is 0 Å². The molecule has 2 rings (SSSR count). The Morgan fingerprint density at radius 3 is 2.71 bits per heavy atom. The molecule has 2 amide bonds. The highest BCUT2D eigenvalue weighted by Gasteiger charge is 2.36. The van der Waals surface area contributed by atoms with Crippen molar-refractivity contribution in [3.8, 4) is 0 Å². The van der Waals surface area contributed by atoms with Crippen LogP contribution in [-0.2, 0) is 14.3 Å². The topological polar surface area (TPSA) is 58.6 Å². The fraction of sp³-hybridized carbons (Fsp3) is 0.833. The Labute approximate surface area is 101 Å². The van der Waals surface area contributed by atoms with Crippen LogP contribution in [0.3, 0.4) is 0 Å². The van der Waals surface area contributed by atoms with Crippen LogP contribution in [0.1, 0.15) is 32.1 Å². The van der Waals surface area contributed by atoms with Gasteiger partial charge in [-0.3, -0.25) is 9.59 Å². The van der Waals surface area contributed by atoms with Gasteiger partial charge in [0.05, 0.1) is 0 Å². The second-order valence-corrected chi connectivity index (χ2v) is 4.66. The summed E-state index contributed by atoms with van der Waals surface area (Å²) in [6.07, 6.45) is 4.16. The van der Waals surface area contributed by atoms with Crippen molar-refractivity contribution in [3.63, 3.8) is 0 Å². The molecule has 2 aliphatic heterocycles. The largest absolute Gasteiger partial charge is 0.368 e. The lowest BCUT2D eigenvalue weighted by molar-refractivity contribution is -0.149. The Morgan fingerprint density at radius 1 is 1.24 bits per heavy atom. The lowest BCUT2D eigenvalue weighted by Crippen LogP contribution is -2.53. The molecular weight excluding hydrogens is 220 g/mol. The van der Waals surface area contributed by atoms with Crippen molar-refractivity contribution in [1.82, 2.24) is 10.2 Å². The number of ether oxygens (including phenoxy) is 1. The number of amides is 2. The number of nitrogens with one attached hydrogen (secondary N) is 1. The highest BCUT2D eigenvalue weighted by Crippen LogP contribution is 2.22. The first kappa shape index (κ1) is 12.4. The number of likely N-dealkylation sites (N-methyl/N-ethyl adjacent to an activating group) is 1. The predicted molar refractivity (Wildman–Crippen MR) is 62.4 cm³/mol. The van der Waals surface area contributed by atoms with Crippen molar-refractivity contribution in [3.05, 3.63) is 0 Å². The molecule has 0 bridgehead atoms. The van der Waals surface area contributed by atoms with E-state index in [1.807, 2.05) is 0 Å². The summed E-state index contributed by atoms with van der Waals surface area (Å²) in [7, 11) is 1.62. The molecule has 2 atom stereocenters. The van der Waals surface area contributed by atoms with Gasteiger partial charge in [0.15, 0.2) is 0 Å². The van der Waals surface area contributed by atoms with Crippen molar-refractivity contribution in [2.45, 2.75) is 44.2 Å². The van der Waals surface area contributed by atoms with E-state index in [9.17, 15) is 9.59 Å². The van der Waals surface area contributed by atoms with Gasteiger partial charge < -0.3 is 15.0 Å². The van der Waals surface area contributed by atoms with E-state index in [0.29, 0.717) is 13.2 Å². The van der Waals surface area contributed by atoms with Crippen molar-refractivity contribution in [2.75, 3.05) is 20.2 Å². The summed E-state index contributed by atoms with van der Waals surface area (Å²) in [6, 6.07) is -0.301. The molecule has 2 unspecified atom stereocenters. The Balaban J connectivity index is 2.04. The number of rotatable bonds is 2. The molecule has 96 valence electrons. The normalized spacial score (nSPS) is 29.1. The van der Waals surface area contributed by atoms with Gasteiger partial charge in [0.2, 0.25) is 5.91 Å². The van der Waals surface area contributed by atoms with Gasteiger partial charge in [0.25, 0.3) is 5.91 Å². The van der Waals surface area contributed by atoms with Crippen LogP contribution in [0.25, 0.3) is 0 Å². The molecule has 0 aliphatic carbocycles. The number of piperidine rings is 1. The average Bonchev–Trinajstić information content (AvgIpc) is 2.91. The Morgan fingerprint density at radius 2 is 2.06 bits per heavy atom. The van der Waals surface area contributed by atoms with E-state index in [1.165, 1.54) is 0 Å². The van der Waals surface area contributed by atoms with E-state index < -0.39 is 0 Å². The highest BCUT2D eigenvalue weighted by atomic mass is 16.5. The smallest absolute Gasteiger partial charge is 0.252 e. The number of hydrogen-bond acceptors (Lipinski definition) is 3. The van der Waals surface area contributed by atoms with Crippen LogP contribution in [-0.4, -0.2) is 49.1 Å². The van der Waals surface area contributed by atoms with Crippen molar-refractivity contribution in [2.24, 2.45) is 0 Å². The fourth-order valence-electron chi connectivity index (χ4n) is 2.59. The lowest BCUT2D eigenvalue weighted by atomic mass is 10.00. The summed E-state index contributed by atoms with van der Waals surface area (Å²) in [6.45, 7) is 1.34. The first-order valence-electron chi connectivity index (χ1n) is 6.37. The van der Waals surface area contributed by atoms with Gasteiger partial charge in [-0.2, -0.15) is 0 Å². The van der Waals surface area contributed by atoms with E-state index >= 15 is 0 Å². The number of carbonyl (C=O) groups is 2. The third-order valence-corrected chi connectivity index (χ3v) is 3.54. The molecule has 0 radical (unpaired) electrons. The Kier molecular flexibility index (Phi) is 3.99. The highest BCUT2D eigenvalue weighted by molar-refractivity contribution is 5.89. The quantitative estimate of drug-likeness (QED) is 0.755. The maximum Gasteiger partial charge on any atom is 0.252 e. The summed E-state index contributed by atoms with van der Waals surface area (Å²) in [5.41, 5.74) is 0. The van der Waals surface area contributed by atoms with Crippen molar-refractivity contribution in [1.29, 1.82) is 0 Å². The second kappa shape index (κ2) is 5.49. The first-order valence-corrected chi connectivity index (χ1v) is 6.37. The molecule has 0 aromatic heterocycles. The van der Waals surface area contributed by atoms with E-state index in [-0.39, 0.29) is 24.0 Å². The van der Waals surface area contributed by atoms with E-state index in [1.54, 1.807) is 11.9 Å². The minimum atomic E-state index is -0.319. The molecular formula is C12H20N2O3. The van der Waals surface area contributed by atoms with E-state index in [0.717, 1.165) is 32.1 Å². The third kappa shape index (κ3) is 2.60. The summed E-state index contributed by atoms with van der Waals surface area (Å²) < 4.78 is 5.41. The summed E-state index contributed by atoms with van der Waals surface area (Å²) in [5.74, 6) is -0.0631. The van der Waals surface area contributed by atoms with Crippen LogP contribution < -0.4 is 5.32 Å². The average molecular weight is 240 g/mol. The van der Waals surface area contributed by atoms with Gasteiger partial charge in [-0.05, 0) is 32.1 Å². The molecule has 0 spiro atoms. The lowest BCUT2D eigenvalue weighted by Gasteiger charge is -2.35. The predicted octanol–water partition coefficient (Wildman–Crippen LogP) is 0.292. The molecule has 2 aliphatic rings. The van der Waals surface area contributed by atoms with Gasteiger partial charge >= 0.3 is 0 Å². The number of carbonyl (C=O) groups excluding carboxylic acids is 2. The van der Waals surface area contributed by atoms with Gasteiger partial charge in [0.1, 0.15) is 12.1 Å². The zero-order valence-corrected chi connectivity index (χ0v) is 10.3. The number of likely N-dealkylation sites (tertiary alicyclic amines) is 1. The van der Waals surface area contributed by atoms with Crippen LogP contribution in [0.4, 0.5) is 0 Å². The summed E-state index contributed by atoms with van der Waals surface area (Å²) in [5, 5.41) is 2.64. The van der Waals surface area contributed by atoms with Gasteiger partial charge in [-0.15, -0.1) is 0 Å². The molecule has 17 heavy (non-hydrogen) atoms. The molecule has 5 heteroatoms. The Bertz CT molecular complexity index is 300. The van der Waals surface area contributed by atoms with Gasteiger partial charge in [-0.1, -0.05) is 0 Å². The van der Waals surface area contributed by atoms with Crippen LogP contribution >= 0.6 is 0 Å². The van der Waals surface area contributed by atoms with Crippen LogP contribution in [0.5, 0.6) is 0 Å². The summed E-state index contributed by atoms with van der Waals surface area (Å²) in [4.78, 5) is 25.7. The second-order valence-electron chi connectivity index (χ2n) is 4.66. The van der Waals surface area contributed by atoms with Gasteiger partial charge in [-0.25, -0.2) is 0 Å². The standard InChI is InChI=1S/C12H20N2O3/c1-13-11(15)9-5-2-3-7-14(9)12(16)10-6-4-8-17-10/h9-10H,2-8H2,1H3,(H,13,15). The molecule has 0 aromatic carbocycles. The van der Waals surface area contributed by atoms with Crippen molar-refractivity contribution < 1.29 is 14.3 Å². The van der Waals surface area contributed by atoms with E-state index in [4.69, 9.17) is 4.74 Å². The SMILES string of the molecule is CNC(=O)C1CCCCN1C(=O)C1CCCO1. The van der Waals surface area contributed by atoms with Crippen LogP contribution in [0, 0.1) is 0 Å². The zero-order valence-electron chi connectivity index (χ0n) is 10.3. The zero-order chi connectivity index (χ0) is 12.3. The third-order valence-electron chi connectivity index (χ3n) is 3.54. The van der Waals surface area contributed by atoms with Crippen molar-refractivity contribution >= 4 is 11.8 Å². The van der Waals surface area contributed by atoms with Gasteiger partial charge in [0, 0.05) is 20.2 Å². The molecule has 5 nitrogen and oxygen atoms in total. The molecule has 0 saturated carbocycles. The minimum absolute atomic E-state index is 0.00389. The fourth-order valence-corrected chi connectivity index (χ4v) is 2.59. The number of hydrogen-bond donors (Lipinski definition) is 1. The summed E-state index contributed by atoms with van der Waals surface area (Å²) >= 11 is 0. The molecule has 2 heterocycles. The Hall–Kier alpha value is -1.10. The van der Waals surface area contributed by atoms with E-state index in [2.05, 4.69) is 5.32 Å². The minimum Gasteiger partial charge on any atom is -0.368 e. The number of nitrogens with zero attached hydrogens (tertiary/aromatic N) is 1. The first-order chi connectivity index (χ1) is 8.24. The maximum atomic E-state index is 12.3. The molecule has 1 N–H and O–H groups in total. The maximum absolute atomic E-state index is 12.3. The molecule has 0 aromatic rings. The molecule has 2 saturated heterocycles. The monoisotopic (exact) mass is 240 g/mol. The molecule has 2 fully saturated rings.